The van der Waals surface area contributed by atoms with Gasteiger partial charge in [0.2, 0.25) is 5.91 Å². The molecule has 1 atom stereocenters. The van der Waals surface area contributed by atoms with Gasteiger partial charge in [-0.15, -0.1) is 0 Å². The molecule has 176 valence electrons. The second-order valence-corrected chi connectivity index (χ2v) is 8.05. The molecule has 0 aliphatic carbocycles. The lowest BCUT2D eigenvalue weighted by atomic mass is 9.94. The summed E-state index contributed by atoms with van der Waals surface area (Å²) < 4.78 is 25.0. The van der Waals surface area contributed by atoms with E-state index in [4.69, 9.17) is 9.47 Å². The molecule has 2 amide bonds. The highest BCUT2D eigenvalue weighted by molar-refractivity contribution is 6.01. The first kappa shape index (κ1) is 23.3. The molecule has 1 N–H and O–H groups in total. The highest BCUT2D eigenvalue weighted by Crippen LogP contribution is 2.38. The zero-order valence-corrected chi connectivity index (χ0v) is 19.4. The average Bonchev–Trinajstić information content (AvgIpc) is 2.96. The number of hydrogen-bond acceptors (Lipinski definition) is 4. The van der Waals surface area contributed by atoms with Crippen molar-refractivity contribution in [2.24, 2.45) is 0 Å². The van der Waals surface area contributed by atoms with E-state index >= 15 is 0 Å². The van der Waals surface area contributed by atoms with Gasteiger partial charge in [0, 0.05) is 16.8 Å². The summed E-state index contributed by atoms with van der Waals surface area (Å²) in [5.41, 5.74) is 3.44. The topological polar surface area (TPSA) is 67.9 Å². The van der Waals surface area contributed by atoms with Crippen molar-refractivity contribution in [3.8, 4) is 11.5 Å². The molecule has 1 aliphatic rings. The van der Waals surface area contributed by atoms with Crippen LogP contribution in [0.15, 0.2) is 60.7 Å². The van der Waals surface area contributed by atoms with Gasteiger partial charge >= 0.3 is 0 Å². The van der Waals surface area contributed by atoms with Crippen molar-refractivity contribution in [3.05, 3.63) is 88.7 Å². The third-order valence-corrected chi connectivity index (χ3v) is 5.64. The highest BCUT2D eigenvalue weighted by atomic mass is 19.1. The van der Waals surface area contributed by atoms with Crippen molar-refractivity contribution < 1.29 is 23.5 Å². The molecule has 6 nitrogen and oxygen atoms in total. The Morgan fingerprint density at radius 1 is 1.00 bits per heavy atom. The van der Waals surface area contributed by atoms with Gasteiger partial charge in [-0.05, 0) is 62.7 Å². The number of amides is 2. The number of hydrogen-bond donors (Lipinski definition) is 1. The Morgan fingerprint density at radius 3 is 2.41 bits per heavy atom. The Kier molecular flexibility index (Phi) is 6.82. The monoisotopic (exact) mass is 462 g/mol. The maximum absolute atomic E-state index is 13.8. The molecular weight excluding hydrogens is 435 g/mol. The molecule has 34 heavy (non-hydrogen) atoms. The Morgan fingerprint density at radius 2 is 1.71 bits per heavy atom. The standard InChI is InChI=1S/C27H27FN2O4/c1-4-33-23-13-9-19(15-24(23)34-5-2)27(32)30-16-25(31)29-22-12-6-17(3)14-21(22)26(30)18-7-10-20(28)11-8-18/h6-15,26H,4-5,16H2,1-3H3,(H,29,31)/t26-/m0/s1. The normalized spacial score (nSPS) is 15.2. The third kappa shape index (κ3) is 4.73. The number of aryl methyl sites for hydroxylation is 1. The minimum absolute atomic E-state index is 0.161. The van der Waals surface area contributed by atoms with Crippen LogP contribution in [0, 0.1) is 12.7 Å². The Bertz CT molecular complexity index is 1210. The minimum atomic E-state index is -0.593. The van der Waals surface area contributed by atoms with E-state index in [-0.39, 0.29) is 24.2 Å². The van der Waals surface area contributed by atoms with Gasteiger partial charge in [-0.1, -0.05) is 29.8 Å². The molecule has 7 heteroatoms. The van der Waals surface area contributed by atoms with Gasteiger partial charge in [0.05, 0.1) is 19.3 Å². The number of anilines is 1. The average molecular weight is 463 g/mol. The second kappa shape index (κ2) is 9.95. The molecular formula is C27H27FN2O4. The van der Waals surface area contributed by atoms with E-state index in [0.717, 1.165) is 11.1 Å². The van der Waals surface area contributed by atoms with Gasteiger partial charge in [-0.25, -0.2) is 4.39 Å². The molecule has 3 aromatic carbocycles. The SMILES string of the molecule is CCOc1ccc(C(=O)N2CC(=O)Nc3ccc(C)cc3[C@@H]2c2ccc(F)cc2)cc1OCC. The van der Waals surface area contributed by atoms with E-state index in [1.807, 2.05) is 39.0 Å². The fraction of sp³-hybridized carbons (Fsp3) is 0.259. The van der Waals surface area contributed by atoms with Crippen molar-refractivity contribution in [2.45, 2.75) is 26.8 Å². The molecule has 0 spiro atoms. The first-order valence-electron chi connectivity index (χ1n) is 11.3. The summed E-state index contributed by atoms with van der Waals surface area (Å²) in [4.78, 5) is 28.2. The van der Waals surface area contributed by atoms with Gasteiger partial charge in [0.1, 0.15) is 12.4 Å². The first-order chi connectivity index (χ1) is 16.4. The molecule has 0 saturated carbocycles. The fourth-order valence-corrected chi connectivity index (χ4v) is 4.17. The number of benzene rings is 3. The molecule has 3 aromatic rings. The van der Waals surface area contributed by atoms with Crippen molar-refractivity contribution in [1.29, 1.82) is 0 Å². The minimum Gasteiger partial charge on any atom is -0.490 e. The molecule has 0 bridgehead atoms. The van der Waals surface area contributed by atoms with Gasteiger partial charge in [0.25, 0.3) is 5.91 Å². The molecule has 0 unspecified atom stereocenters. The van der Waals surface area contributed by atoms with Crippen LogP contribution in [0.25, 0.3) is 0 Å². The van der Waals surface area contributed by atoms with Crippen LogP contribution in [0.1, 0.15) is 46.9 Å². The van der Waals surface area contributed by atoms with E-state index in [9.17, 15) is 14.0 Å². The summed E-state index contributed by atoms with van der Waals surface area (Å²) in [7, 11) is 0. The number of ether oxygens (including phenoxy) is 2. The van der Waals surface area contributed by atoms with Crippen LogP contribution < -0.4 is 14.8 Å². The predicted molar refractivity (Wildman–Crippen MR) is 128 cm³/mol. The van der Waals surface area contributed by atoms with Gasteiger partial charge in [-0.2, -0.15) is 0 Å². The van der Waals surface area contributed by atoms with Crippen molar-refractivity contribution in [2.75, 3.05) is 25.1 Å². The lowest BCUT2D eigenvalue weighted by molar-refractivity contribution is -0.117. The zero-order chi connectivity index (χ0) is 24.2. The van der Waals surface area contributed by atoms with Crippen LogP contribution in [-0.2, 0) is 4.79 Å². The van der Waals surface area contributed by atoms with Crippen molar-refractivity contribution >= 4 is 17.5 Å². The lowest BCUT2D eigenvalue weighted by Gasteiger charge is -2.31. The number of nitrogens with zero attached hydrogens (tertiary/aromatic N) is 1. The van der Waals surface area contributed by atoms with Crippen molar-refractivity contribution in [1.82, 2.24) is 4.90 Å². The third-order valence-electron chi connectivity index (χ3n) is 5.64. The number of rotatable bonds is 6. The summed E-state index contributed by atoms with van der Waals surface area (Å²) >= 11 is 0. The van der Waals surface area contributed by atoms with E-state index < -0.39 is 6.04 Å². The maximum atomic E-state index is 13.8. The lowest BCUT2D eigenvalue weighted by Crippen LogP contribution is -2.39. The highest BCUT2D eigenvalue weighted by Gasteiger charge is 2.34. The summed E-state index contributed by atoms with van der Waals surface area (Å²) in [6.45, 7) is 6.38. The second-order valence-electron chi connectivity index (χ2n) is 8.05. The van der Waals surface area contributed by atoms with Crippen molar-refractivity contribution in [3.63, 3.8) is 0 Å². The number of halogens is 1. The smallest absolute Gasteiger partial charge is 0.255 e. The molecule has 4 rings (SSSR count). The first-order valence-corrected chi connectivity index (χ1v) is 11.3. The van der Waals surface area contributed by atoms with Crippen LogP contribution in [0.4, 0.5) is 10.1 Å². The Labute approximate surface area is 198 Å². The summed E-state index contributed by atoms with van der Waals surface area (Å²) in [5, 5.41) is 2.90. The van der Waals surface area contributed by atoms with Gasteiger partial charge < -0.3 is 19.7 Å². The summed E-state index contributed by atoms with van der Waals surface area (Å²) in [6, 6.07) is 16.1. The van der Waals surface area contributed by atoms with Gasteiger partial charge in [0.15, 0.2) is 11.5 Å². The van der Waals surface area contributed by atoms with E-state index in [1.165, 1.54) is 17.0 Å². The number of carbonyl (C=O) groups is 2. The van der Waals surface area contributed by atoms with E-state index in [2.05, 4.69) is 5.32 Å². The number of fused-ring (bicyclic) bond motifs is 1. The van der Waals surface area contributed by atoms with Crippen LogP contribution in [0.3, 0.4) is 0 Å². The molecule has 1 heterocycles. The predicted octanol–water partition coefficient (Wildman–Crippen LogP) is 5.12. The molecule has 0 aromatic heterocycles. The van der Waals surface area contributed by atoms with E-state index in [1.54, 1.807) is 30.3 Å². The maximum Gasteiger partial charge on any atom is 0.255 e. The van der Waals surface area contributed by atoms with Crippen LogP contribution in [0.5, 0.6) is 11.5 Å². The summed E-state index contributed by atoms with van der Waals surface area (Å²) in [6.07, 6.45) is 0. The molecule has 0 saturated heterocycles. The molecule has 0 radical (unpaired) electrons. The summed E-state index contributed by atoms with van der Waals surface area (Å²) in [5.74, 6) is -0.0155. The van der Waals surface area contributed by atoms with Crippen LogP contribution in [-0.4, -0.2) is 36.5 Å². The Hall–Kier alpha value is -3.87. The Balaban J connectivity index is 1.83. The largest absolute Gasteiger partial charge is 0.490 e. The van der Waals surface area contributed by atoms with Crippen LogP contribution >= 0.6 is 0 Å². The van der Waals surface area contributed by atoms with E-state index in [0.29, 0.717) is 41.5 Å². The number of nitrogens with one attached hydrogen (secondary N) is 1. The van der Waals surface area contributed by atoms with Crippen LogP contribution in [0.2, 0.25) is 0 Å². The molecule has 1 aliphatic heterocycles. The van der Waals surface area contributed by atoms with Gasteiger partial charge in [-0.3, -0.25) is 9.59 Å². The quantitative estimate of drug-likeness (QED) is 0.553. The zero-order valence-electron chi connectivity index (χ0n) is 19.4. The molecule has 0 fully saturated rings. The number of carbonyl (C=O) groups excluding carboxylic acids is 2. The fourth-order valence-electron chi connectivity index (χ4n) is 4.17.